The molecular formula is C14H17F3N2O3. The van der Waals surface area contributed by atoms with Gasteiger partial charge in [-0.05, 0) is 25.5 Å². The number of carbonyl (C=O) groups is 1. The van der Waals surface area contributed by atoms with Crippen molar-refractivity contribution in [2.75, 3.05) is 19.7 Å². The summed E-state index contributed by atoms with van der Waals surface area (Å²) < 4.78 is 44.1. The number of aryl methyl sites for hydroxylation is 1. The van der Waals surface area contributed by atoms with Crippen LogP contribution in [0.25, 0.3) is 0 Å². The van der Waals surface area contributed by atoms with Crippen molar-refractivity contribution >= 4 is 5.91 Å². The van der Waals surface area contributed by atoms with Gasteiger partial charge in [0.2, 0.25) is 0 Å². The molecule has 8 heteroatoms. The summed E-state index contributed by atoms with van der Waals surface area (Å²) in [4.78, 5) is 25.6. The summed E-state index contributed by atoms with van der Waals surface area (Å²) in [6.07, 6.45) is -6.55. The third kappa shape index (κ3) is 3.01. The van der Waals surface area contributed by atoms with Gasteiger partial charge in [0.05, 0.1) is 13.2 Å². The topological polar surface area (TPSA) is 51.5 Å². The van der Waals surface area contributed by atoms with E-state index in [1.54, 1.807) is 13.8 Å². The highest BCUT2D eigenvalue weighted by atomic mass is 19.4. The molecule has 1 aromatic rings. The molecule has 0 radical (unpaired) electrons. The van der Waals surface area contributed by atoms with Crippen molar-refractivity contribution in [2.45, 2.75) is 26.1 Å². The van der Waals surface area contributed by atoms with Crippen LogP contribution in [0.15, 0.2) is 10.9 Å². The van der Waals surface area contributed by atoms with E-state index in [0.717, 1.165) is 10.5 Å². The Morgan fingerprint density at radius 2 is 2.00 bits per heavy atom. The molecule has 0 aromatic carbocycles. The zero-order valence-corrected chi connectivity index (χ0v) is 12.5. The lowest BCUT2D eigenvalue weighted by molar-refractivity contribution is -0.233. The zero-order valence-electron chi connectivity index (χ0n) is 12.5. The average molecular weight is 318 g/mol. The predicted octanol–water partition coefficient (Wildman–Crippen LogP) is 1.41. The van der Waals surface area contributed by atoms with Gasteiger partial charge in [-0.15, -0.1) is 0 Å². The molecule has 5 nitrogen and oxygen atoms in total. The maximum atomic E-state index is 12.7. The minimum Gasteiger partial charge on any atom is -0.365 e. The average Bonchev–Trinajstić information content (AvgIpc) is 2.47. The van der Waals surface area contributed by atoms with Gasteiger partial charge < -0.3 is 14.2 Å². The van der Waals surface area contributed by atoms with Crippen LogP contribution in [0.4, 0.5) is 13.2 Å². The molecule has 22 heavy (non-hydrogen) atoms. The lowest BCUT2D eigenvalue weighted by Crippen LogP contribution is -2.52. The Labute approximate surface area is 125 Å². The predicted molar refractivity (Wildman–Crippen MR) is 72.9 cm³/mol. The molecular weight excluding hydrogens is 301 g/mol. The van der Waals surface area contributed by atoms with E-state index in [1.165, 1.54) is 17.7 Å². The maximum Gasteiger partial charge on any atom is 0.416 e. The molecule has 2 heterocycles. The molecule has 122 valence electrons. The molecule has 0 aliphatic carbocycles. The number of aromatic nitrogens is 1. The molecule has 0 saturated carbocycles. The van der Waals surface area contributed by atoms with Crippen LogP contribution in [0.5, 0.6) is 0 Å². The van der Waals surface area contributed by atoms with E-state index >= 15 is 0 Å². The number of pyridine rings is 1. The van der Waals surface area contributed by atoms with Crippen molar-refractivity contribution in [2.24, 2.45) is 7.05 Å². The highest BCUT2D eigenvalue weighted by molar-refractivity contribution is 5.94. The molecule has 1 saturated heterocycles. The number of rotatable bonds is 1. The van der Waals surface area contributed by atoms with Crippen LogP contribution < -0.4 is 5.56 Å². The monoisotopic (exact) mass is 318 g/mol. The first kappa shape index (κ1) is 16.5. The number of amides is 1. The summed E-state index contributed by atoms with van der Waals surface area (Å²) in [5.74, 6) is -0.693. The fourth-order valence-corrected chi connectivity index (χ4v) is 2.34. The molecule has 1 fully saturated rings. The Morgan fingerprint density at radius 3 is 2.59 bits per heavy atom. The first-order valence-corrected chi connectivity index (χ1v) is 6.77. The SMILES string of the molecule is Cc1cc(C(=O)N2CCOC(C(F)(F)F)C2)c(=O)n(C)c1C. The molecule has 2 rings (SSSR count). The Kier molecular flexibility index (Phi) is 4.32. The number of ether oxygens (including phenoxy) is 1. The van der Waals surface area contributed by atoms with Gasteiger partial charge in [0.25, 0.3) is 11.5 Å². The van der Waals surface area contributed by atoms with Gasteiger partial charge in [-0.3, -0.25) is 9.59 Å². The summed E-state index contributed by atoms with van der Waals surface area (Å²) in [5.41, 5.74) is 0.805. The standard InChI is InChI=1S/C14H17F3N2O3/c1-8-6-10(12(20)18(3)9(8)2)13(21)19-4-5-22-11(7-19)14(15,16)17/h6,11H,4-5,7H2,1-3H3. The van der Waals surface area contributed by atoms with Crippen molar-refractivity contribution in [1.29, 1.82) is 0 Å². The molecule has 0 N–H and O–H groups in total. The molecule has 1 unspecified atom stereocenters. The second kappa shape index (κ2) is 5.75. The van der Waals surface area contributed by atoms with Crippen molar-refractivity contribution in [1.82, 2.24) is 9.47 Å². The van der Waals surface area contributed by atoms with E-state index in [2.05, 4.69) is 4.74 Å². The first-order chi connectivity index (χ1) is 10.1. The van der Waals surface area contributed by atoms with Crippen molar-refractivity contribution < 1.29 is 22.7 Å². The molecule has 1 aromatic heterocycles. The van der Waals surface area contributed by atoms with Crippen molar-refractivity contribution in [3.63, 3.8) is 0 Å². The fourth-order valence-electron chi connectivity index (χ4n) is 2.34. The van der Waals surface area contributed by atoms with Gasteiger partial charge in [0.15, 0.2) is 6.10 Å². The van der Waals surface area contributed by atoms with Gasteiger partial charge in [-0.25, -0.2) is 0 Å². The molecule has 0 bridgehead atoms. The maximum absolute atomic E-state index is 12.7. The smallest absolute Gasteiger partial charge is 0.365 e. The van der Waals surface area contributed by atoms with Gasteiger partial charge in [0.1, 0.15) is 5.56 Å². The van der Waals surface area contributed by atoms with Crippen LogP contribution >= 0.6 is 0 Å². The van der Waals surface area contributed by atoms with Gasteiger partial charge in [-0.1, -0.05) is 0 Å². The number of hydrogen-bond acceptors (Lipinski definition) is 3. The number of alkyl halides is 3. The van der Waals surface area contributed by atoms with Crippen LogP contribution in [-0.4, -0.2) is 47.4 Å². The Morgan fingerprint density at radius 1 is 1.36 bits per heavy atom. The van der Waals surface area contributed by atoms with E-state index in [4.69, 9.17) is 0 Å². The molecule has 1 atom stereocenters. The minimum atomic E-state index is -4.53. The summed E-state index contributed by atoms with van der Waals surface area (Å²) in [6.45, 7) is 2.70. The summed E-state index contributed by atoms with van der Waals surface area (Å²) in [6, 6.07) is 1.43. The molecule has 1 amide bonds. The number of nitrogens with zero attached hydrogens (tertiary/aromatic N) is 2. The Hall–Kier alpha value is -1.83. The van der Waals surface area contributed by atoms with Gasteiger partial charge >= 0.3 is 6.18 Å². The second-order valence-corrected chi connectivity index (χ2v) is 5.34. The van der Waals surface area contributed by atoms with Crippen LogP contribution in [0.1, 0.15) is 21.6 Å². The summed E-state index contributed by atoms with van der Waals surface area (Å²) in [7, 11) is 1.53. The van der Waals surface area contributed by atoms with Crippen LogP contribution in [0.2, 0.25) is 0 Å². The third-order valence-electron chi connectivity index (χ3n) is 3.92. The number of morpholine rings is 1. The Balaban J connectivity index is 2.31. The van der Waals surface area contributed by atoms with E-state index < -0.39 is 30.3 Å². The minimum absolute atomic E-state index is 0.0293. The lowest BCUT2D eigenvalue weighted by atomic mass is 10.1. The third-order valence-corrected chi connectivity index (χ3v) is 3.92. The highest BCUT2D eigenvalue weighted by Gasteiger charge is 2.44. The number of carbonyl (C=O) groups excluding carboxylic acids is 1. The first-order valence-electron chi connectivity index (χ1n) is 6.77. The quantitative estimate of drug-likeness (QED) is 0.787. The Bertz CT molecular complexity index is 652. The zero-order chi connectivity index (χ0) is 16.7. The fraction of sp³-hybridized carbons (Fsp3) is 0.571. The summed E-state index contributed by atoms with van der Waals surface area (Å²) in [5, 5.41) is 0. The molecule has 1 aliphatic rings. The lowest BCUT2D eigenvalue weighted by Gasteiger charge is -2.33. The van der Waals surface area contributed by atoms with E-state index in [9.17, 15) is 22.8 Å². The molecule has 1 aliphatic heterocycles. The van der Waals surface area contributed by atoms with Crippen LogP contribution in [0, 0.1) is 13.8 Å². The van der Waals surface area contributed by atoms with Gasteiger partial charge in [-0.2, -0.15) is 13.2 Å². The highest BCUT2D eigenvalue weighted by Crippen LogP contribution is 2.26. The van der Waals surface area contributed by atoms with Crippen molar-refractivity contribution in [3.05, 3.63) is 33.2 Å². The summed E-state index contributed by atoms with van der Waals surface area (Å²) >= 11 is 0. The van der Waals surface area contributed by atoms with Crippen molar-refractivity contribution in [3.8, 4) is 0 Å². The van der Waals surface area contributed by atoms with Gasteiger partial charge in [0, 0.05) is 19.3 Å². The number of hydrogen-bond donors (Lipinski definition) is 0. The number of halogens is 3. The van der Waals surface area contributed by atoms with E-state index in [1.807, 2.05) is 0 Å². The van der Waals surface area contributed by atoms with Crippen LogP contribution in [0.3, 0.4) is 0 Å². The van der Waals surface area contributed by atoms with Crippen LogP contribution in [-0.2, 0) is 11.8 Å². The van der Waals surface area contributed by atoms with E-state index in [0.29, 0.717) is 5.69 Å². The largest absolute Gasteiger partial charge is 0.416 e. The molecule has 0 spiro atoms. The second-order valence-electron chi connectivity index (χ2n) is 5.34. The van der Waals surface area contributed by atoms with E-state index in [-0.39, 0.29) is 18.7 Å². The normalized spacial score (nSPS) is 19.4.